The van der Waals surface area contributed by atoms with E-state index in [1.807, 2.05) is 0 Å². The topological polar surface area (TPSA) is 24.9 Å². The van der Waals surface area contributed by atoms with Gasteiger partial charge in [-0.2, -0.15) is 44.9 Å². The first kappa shape index (κ1) is 35.0. The third kappa shape index (κ3) is 10.1. The summed E-state index contributed by atoms with van der Waals surface area (Å²) in [5.74, 6) is -15.3. The van der Waals surface area contributed by atoms with E-state index < -0.39 is 84.0 Å². The highest BCUT2D eigenvalue weighted by atomic mass is 19.4. The molecular weight excluding hydrogens is 608 g/mol. The molecule has 0 fully saturated rings. The van der Waals surface area contributed by atoms with E-state index in [1.54, 1.807) is 0 Å². The summed E-state index contributed by atoms with van der Waals surface area (Å²) < 4.78 is 258. The lowest BCUT2D eigenvalue weighted by Crippen LogP contribution is -2.47. The van der Waals surface area contributed by atoms with Crippen LogP contribution in [0.15, 0.2) is 35.6 Å². The lowest BCUT2D eigenvalue weighted by molar-refractivity contribution is -0.368. The van der Waals surface area contributed by atoms with Crippen LogP contribution in [-0.4, -0.2) is 60.6 Å². The minimum Gasteiger partial charge on any atom is -0.482 e. The Hall–Kier alpha value is -2.98. The molecule has 0 amide bonds. The molecule has 38 heavy (non-hydrogen) atoms. The summed E-state index contributed by atoms with van der Waals surface area (Å²) in [6, 6.07) is 0. The van der Waals surface area contributed by atoms with Gasteiger partial charge in [-0.05, 0) is 12.2 Å². The Balaban J connectivity index is 5.94. The highest BCUT2D eigenvalue weighted by Gasteiger charge is 2.60. The Bertz CT molecular complexity index is 782. The summed E-state index contributed by atoms with van der Waals surface area (Å²) in [4.78, 5) is -6.52. The molecule has 0 aromatic rings. The molecular formula is C14H6F20N2O2. The molecule has 0 bridgehead atoms. The fourth-order valence-corrected chi connectivity index (χ4v) is 1.85. The van der Waals surface area contributed by atoms with Gasteiger partial charge in [-0.15, -0.1) is 52.7 Å². The molecule has 0 aliphatic rings. The van der Waals surface area contributed by atoms with Crippen LogP contribution >= 0.6 is 0 Å². The van der Waals surface area contributed by atoms with Gasteiger partial charge in [0.05, 0.1) is 0 Å². The molecule has 0 aliphatic heterocycles. The van der Waals surface area contributed by atoms with E-state index in [4.69, 9.17) is 0 Å². The predicted molar refractivity (Wildman–Crippen MR) is 77.3 cm³/mol. The van der Waals surface area contributed by atoms with Crippen LogP contribution in [0.4, 0.5) is 87.8 Å². The first-order valence-electron chi connectivity index (χ1n) is 8.26. The van der Waals surface area contributed by atoms with Crippen LogP contribution in [-0.2, 0) is 9.47 Å². The zero-order valence-corrected chi connectivity index (χ0v) is 16.8. The second kappa shape index (κ2) is 11.4. The fourth-order valence-electron chi connectivity index (χ4n) is 1.85. The smallest absolute Gasteiger partial charge is 0.482 e. The number of hydrogen-bond donors (Lipinski definition) is 0. The highest BCUT2D eigenvalue weighted by Crippen LogP contribution is 2.43. The molecule has 0 heterocycles. The highest BCUT2D eigenvalue weighted by molar-refractivity contribution is 5.10. The van der Waals surface area contributed by atoms with Gasteiger partial charge in [-0.1, -0.05) is 0 Å². The van der Waals surface area contributed by atoms with Crippen molar-refractivity contribution in [1.82, 2.24) is 9.80 Å². The molecule has 0 saturated heterocycles. The van der Waals surface area contributed by atoms with Crippen LogP contribution in [0.25, 0.3) is 0 Å². The van der Waals surface area contributed by atoms with Crippen molar-refractivity contribution < 1.29 is 97.3 Å². The minimum absolute atomic E-state index is 0.0816. The van der Waals surface area contributed by atoms with Crippen LogP contribution in [0, 0.1) is 0 Å². The molecule has 0 unspecified atom stereocenters. The third-order valence-corrected chi connectivity index (χ3v) is 3.11. The number of rotatable bonds is 8. The van der Waals surface area contributed by atoms with Crippen LogP contribution in [0.3, 0.4) is 0 Å². The van der Waals surface area contributed by atoms with Gasteiger partial charge < -0.3 is 9.47 Å². The van der Waals surface area contributed by atoms with Crippen molar-refractivity contribution in [2.45, 2.75) is 37.6 Å². The summed E-state index contributed by atoms with van der Waals surface area (Å²) in [6.45, 7) is -3.83. The van der Waals surface area contributed by atoms with E-state index >= 15 is 0 Å². The second-order valence-corrected chi connectivity index (χ2v) is 5.87. The van der Waals surface area contributed by atoms with E-state index in [2.05, 4.69) is 9.47 Å². The van der Waals surface area contributed by atoms with Crippen molar-refractivity contribution in [2.24, 2.45) is 0 Å². The zero-order chi connectivity index (χ0) is 30.7. The Labute approximate surface area is 194 Å². The Morgan fingerprint density at radius 2 is 0.658 bits per heavy atom. The molecule has 0 saturated carbocycles. The van der Waals surface area contributed by atoms with Gasteiger partial charge in [0.25, 0.3) is 23.4 Å². The normalized spacial score (nSPS) is 15.8. The number of alkyl halides is 18. The summed E-state index contributed by atoms with van der Waals surface area (Å²) in [7, 11) is 0. The number of nitrogens with zero attached hydrogens (tertiary/aromatic N) is 2. The molecule has 0 N–H and O–H groups in total. The Morgan fingerprint density at radius 3 is 0.816 bits per heavy atom. The average Bonchev–Trinajstić information content (AvgIpc) is 2.56. The van der Waals surface area contributed by atoms with Gasteiger partial charge in [0.2, 0.25) is 0 Å². The van der Waals surface area contributed by atoms with Crippen molar-refractivity contribution in [3.63, 3.8) is 0 Å². The number of ether oxygens (including phenoxy) is 2. The number of hydrogen-bond acceptors (Lipinski definition) is 4. The fraction of sp³-hybridized carbons (Fsp3) is 0.571. The summed E-state index contributed by atoms with van der Waals surface area (Å²) in [5.41, 5.74) is 0. The molecule has 0 aromatic heterocycles. The zero-order valence-electron chi connectivity index (χ0n) is 16.8. The van der Waals surface area contributed by atoms with Crippen LogP contribution in [0.2, 0.25) is 0 Å². The lowest BCUT2D eigenvalue weighted by Gasteiger charge is -2.28. The summed E-state index contributed by atoms with van der Waals surface area (Å²) in [6.07, 6.45) is -40.2. The lowest BCUT2D eigenvalue weighted by atomic mass is 10.4. The van der Waals surface area contributed by atoms with Gasteiger partial charge in [0, 0.05) is 0 Å². The van der Waals surface area contributed by atoms with E-state index in [1.165, 1.54) is 0 Å². The maximum atomic E-state index is 13.5. The Morgan fingerprint density at radius 1 is 0.447 bits per heavy atom. The maximum Gasteiger partial charge on any atom is 0.493 e. The largest absolute Gasteiger partial charge is 0.493 e. The molecule has 4 nitrogen and oxygen atoms in total. The quantitative estimate of drug-likeness (QED) is 0.121. The monoisotopic (exact) mass is 614 g/mol. The van der Waals surface area contributed by atoms with Crippen molar-refractivity contribution in [3.05, 3.63) is 35.6 Å². The van der Waals surface area contributed by atoms with E-state index in [9.17, 15) is 87.8 Å². The average molecular weight is 614 g/mol. The first-order chi connectivity index (χ1) is 16.5. The first-order valence-corrected chi connectivity index (χ1v) is 8.26. The molecule has 0 atom stereocenters. The van der Waals surface area contributed by atoms with Crippen LogP contribution in [0.1, 0.15) is 0 Å². The van der Waals surface area contributed by atoms with Crippen molar-refractivity contribution in [3.8, 4) is 0 Å². The molecule has 0 rings (SSSR count). The van der Waals surface area contributed by atoms with Gasteiger partial charge >= 0.3 is 37.6 Å². The van der Waals surface area contributed by atoms with Gasteiger partial charge in [-0.3, -0.25) is 0 Å². The molecule has 0 spiro atoms. The SMILES string of the molecule is F/C(=C(\OC/C=C/CO/C(=C(\F)N(C(F)(F)F)C(F)(F)F)C(F)(F)F)C(F)(F)F)N(C(F)(F)F)C(F)(F)F. The summed E-state index contributed by atoms with van der Waals surface area (Å²) >= 11 is 0. The third-order valence-electron chi connectivity index (χ3n) is 3.11. The van der Waals surface area contributed by atoms with E-state index in [0.29, 0.717) is 0 Å². The van der Waals surface area contributed by atoms with Crippen molar-refractivity contribution >= 4 is 0 Å². The van der Waals surface area contributed by atoms with Gasteiger partial charge in [0.1, 0.15) is 13.2 Å². The second-order valence-electron chi connectivity index (χ2n) is 5.87. The minimum atomic E-state index is -6.82. The number of halogens is 20. The molecule has 0 radical (unpaired) electrons. The van der Waals surface area contributed by atoms with Crippen molar-refractivity contribution in [1.29, 1.82) is 0 Å². The summed E-state index contributed by atoms with van der Waals surface area (Å²) in [5, 5.41) is 0. The van der Waals surface area contributed by atoms with Gasteiger partial charge in [0.15, 0.2) is 0 Å². The molecule has 0 aliphatic carbocycles. The van der Waals surface area contributed by atoms with Crippen LogP contribution < -0.4 is 0 Å². The van der Waals surface area contributed by atoms with E-state index in [0.717, 1.165) is 0 Å². The Kier molecular flexibility index (Phi) is 10.5. The van der Waals surface area contributed by atoms with Crippen molar-refractivity contribution in [2.75, 3.05) is 13.2 Å². The van der Waals surface area contributed by atoms with Crippen LogP contribution in [0.5, 0.6) is 0 Å². The molecule has 24 heteroatoms. The molecule has 224 valence electrons. The predicted octanol–water partition coefficient (Wildman–Crippen LogP) is 7.66. The number of allylic oxidation sites excluding steroid dienone is 2. The maximum absolute atomic E-state index is 13.5. The standard InChI is InChI=1S/C14H6F20N2O2/c15-7(35(11(23,24)25)12(26,27)28)5(9(17,18)19)37-3-1-2-4-38-6(10(20,21)22)8(16)36(13(29,30)31)14(32,33)34/h1-2H,3-4H2/b2-1+,7-5+,8-6+. The van der Waals surface area contributed by atoms with E-state index in [-0.39, 0.29) is 12.2 Å². The molecule has 0 aromatic carbocycles. The van der Waals surface area contributed by atoms with Gasteiger partial charge in [-0.25, -0.2) is 0 Å².